The van der Waals surface area contributed by atoms with Crippen molar-refractivity contribution in [1.82, 2.24) is 14.7 Å². The lowest BCUT2D eigenvalue weighted by Gasteiger charge is -2.23. The first kappa shape index (κ1) is 21.4. The molecule has 1 aromatic heterocycles. The fourth-order valence-electron chi connectivity index (χ4n) is 2.56. The summed E-state index contributed by atoms with van der Waals surface area (Å²) in [5, 5.41) is 9.16. The van der Waals surface area contributed by atoms with Crippen LogP contribution in [0.1, 0.15) is 18.3 Å². The largest absolute Gasteiger partial charge is 0.322 e. The third-order valence-corrected chi connectivity index (χ3v) is 4.50. The minimum absolute atomic E-state index is 0.266. The fourth-order valence-corrected chi connectivity index (χ4v) is 2.56. The standard InChI is InChI=1S/C18H22F3N5O2/c1-9-17(10(2)26(5)24-9)23-18(28)11(3)25(4)8-14(27)22-13-7-6-12(19)15(20)16(13)21/h6-7,11H,8H2,1-5H3,(H,22,27)(H,23,28)/t11-/m1/s1. The van der Waals surface area contributed by atoms with E-state index in [1.54, 1.807) is 25.6 Å². The number of aromatic nitrogens is 2. The maximum Gasteiger partial charge on any atom is 0.241 e. The van der Waals surface area contributed by atoms with Crippen LogP contribution < -0.4 is 10.6 Å². The highest BCUT2D eigenvalue weighted by Gasteiger charge is 2.23. The summed E-state index contributed by atoms with van der Waals surface area (Å²) in [6.45, 7) is 4.91. The molecule has 0 radical (unpaired) electrons. The van der Waals surface area contributed by atoms with Gasteiger partial charge in [-0.15, -0.1) is 0 Å². The molecule has 2 rings (SSSR count). The van der Waals surface area contributed by atoms with Gasteiger partial charge in [0, 0.05) is 7.05 Å². The summed E-state index contributed by atoms with van der Waals surface area (Å²) in [6.07, 6.45) is 0. The van der Waals surface area contributed by atoms with Crippen LogP contribution in [0.4, 0.5) is 24.5 Å². The number of rotatable bonds is 6. The number of halogens is 3. The maximum atomic E-state index is 13.7. The molecule has 1 atom stereocenters. The lowest BCUT2D eigenvalue weighted by Crippen LogP contribution is -2.43. The molecular weight excluding hydrogens is 375 g/mol. The molecule has 0 saturated heterocycles. The summed E-state index contributed by atoms with van der Waals surface area (Å²) in [5.74, 6) is -5.53. The number of carbonyl (C=O) groups excluding carboxylic acids is 2. The van der Waals surface area contributed by atoms with Gasteiger partial charge in [-0.25, -0.2) is 13.2 Å². The highest BCUT2D eigenvalue weighted by molar-refractivity contribution is 5.97. The van der Waals surface area contributed by atoms with Gasteiger partial charge in [0.05, 0.1) is 35.3 Å². The van der Waals surface area contributed by atoms with Gasteiger partial charge in [-0.2, -0.15) is 5.10 Å². The zero-order valence-corrected chi connectivity index (χ0v) is 16.2. The first-order valence-electron chi connectivity index (χ1n) is 8.47. The molecule has 0 aliphatic carbocycles. The minimum atomic E-state index is -1.67. The molecule has 28 heavy (non-hydrogen) atoms. The normalized spacial score (nSPS) is 12.2. The van der Waals surface area contributed by atoms with E-state index >= 15 is 0 Å². The number of nitrogens with one attached hydrogen (secondary N) is 2. The predicted molar refractivity (Wildman–Crippen MR) is 98.3 cm³/mol. The molecule has 0 unspecified atom stereocenters. The van der Waals surface area contributed by atoms with Crippen LogP contribution in [0.2, 0.25) is 0 Å². The SMILES string of the molecule is Cc1nn(C)c(C)c1NC(=O)[C@@H](C)N(C)CC(=O)Nc1ccc(F)c(F)c1F. The molecule has 0 aliphatic heterocycles. The summed E-state index contributed by atoms with van der Waals surface area (Å²) < 4.78 is 41.5. The molecule has 0 spiro atoms. The van der Waals surface area contributed by atoms with Gasteiger partial charge in [0.2, 0.25) is 11.8 Å². The lowest BCUT2D eigenvalue weighted by molar-refractivity contribution is -0.122. The third kappa shape index (κ3) is 4.50. The lowest BCUT2D eigenvalue weighted by atomic mass is 10.2. The number of nitrogens with zero attached hydrogens (tertiary/aromatic N) is 3. The van der Waals surface area contributed by atoms with E-state index in [1.165, 1.54) is 11.9 Å². The van der Waals surface area contributed by atoms with Crippen LogP contribution in [0.25, 0.3) is 0 Å². The average Bonchev–Trinajstić information content (AvgIpc) is 2.87. The average molecular weight is 397 g/mol. The van der Waals surface area contributed by atoms with Crippen LogP contribution in [0.15, 0.2) is 12.1 Å². The van der Waals surface area contributed by atoms with Gasteiger partial charge >= 0.3 is 0 Å². The van der Waals surface area contributed by atoms with E-state index in [1.807, 2.05) is 6.92 Å². The third-order valence-electron chi connectivity index (χ3n) is 4.50. The van der Waals surface area contributed by atoms with Crippen LogP contribution in [-0.2, 0) is 16.6 Å². The Labute approximate surface area is 160 Å². The molecule has 0 saturated carbocycles. The summed E-state index contributed by atoms with van der Waals surface area (Å²) in [5.41, 5.74) is 1.57. The summed E-state index contributed by atoms with van der Waals surface area (Å²) in [6, 6.07) is 0.946. The Kier molecular flexibility index (Phi) is 6.45. The van der Waals surface area contributed by atoms with Crippen LogP contribution in [-0.4, -0.2) is 46.1 Å². The molecule has 1 heterocycles. The summed E-state index contributed by atoms with van der Waals surface area (Å²) in [4.78, 5) is 26.0. The molecular formula is C18H22F3N5O2. The molecule has 0 bridgehead atoms. The van der Waals surface area contributed by atoms with Gasteiger partial charge in [-0.05, 0) is 40.0 Å². The summed E-state index contributed by atoms with van der Waals surface area (Å²) in [7, 11) is 3.30. The van der Waals surface area contributed by atoms with Gasteiger partial charge < -0.3 is 10.6 Å². The van der Waals surface area contributed by atoms with Crippen molar-refractivity contribution in [1.29, 1.82) is 0 Å². The highest BCUT2D eigenvalue weighted by atomic mass is 19.2. The number of aryl methyl sites for hydroxylation is 2. The Bertz CT molecular complexity index is 913. The van der Waals surface area contributed by atoms with Crippen LogP contribution in [0.3, 0.4) is 0 Å². The Morgan fingerprint density at radius 3 is 2.39 bits per heavy atom. The Balaban J connectivity index is 1.99. The fraction of sp³-hybridized carbons (Fsp3) is 0.389. The molecule has 0 fully saturated rings. The van der Waals surface area contributed by atoms with Crippen molar-refractivity contribution < 1.29 is 22.8 Å². The van der Waals surface area contributed by atoms with Crippen molar-refractivity contribution in [2.45, 2.75) is 26.8 Å². The highest BCUT2D eigenvalue weighted by Crippen LogP contribution is 2.20. The zero-order valence-electron chi connectivity index (χ0n) is 16.2. The van der Waals surface area contributed by atoms with Crippen molar-refractivity contribution in [2.75, 3.05) is 24.2 Å². The van der Waals surface area contributed by atoms with Gasteiger partial charge in [0.25, 0.3) is 0 Å². The molecule has 2 aromatic rings. The van der Waals surface area contributed by atoms with Gasteiger partial charge in [-0.1, -0.05) is 0 Å². The van der Waals surface area contributed by atoms with Crippen LogP contribution in [0, 0.1) is 31.3 Å². The minimum Gasteiger partial charge on any atom is -0.322 e. The van der Waals surface area contributed by atoms with Crippen LogP contribution in [0.5, 0.6) is 0 Å². The molecule has 2 amide bonds. The van der Waals surface area contributed by atoms with Crippen molar-refractivity contribution in [3.05, 3.63) is 41.0 Å². The Morgan fingerprint density at radius 1 is 1.18 bits per heavy atom. The Hall–Kier alpha value is -2.88. The van der Waals surface area contributed by atoms with E-state index in [4.69, 9.17) is 0 Å². The van der Waals surface area contributed by atoms with E-state index in [0.717, 1.165) is 11.8 Å². The Morgan fingerprint density at radius 2 is 1.82 bits per heavy atom. The smallest absolute Gasteiger partial charge is 0.241 e. The van der Waals surface area contributed by atoms with Gasteiger partial charge in [0.1, 0.15) is 0 Å². The number of amides is 2. The van der Waals surface area contributed by atoms with Crippen molar-refractivity contribution in [3.8, 4) is 0 Å². The zero-order chi connectivity index (χ0) is 21.2. The van der Waals surface area contributed by atoms with Crippen molar-refractivity contribution >= 4 is 23.2 Å². The molecule has 7 nitrogen and oxygen atoms in total. The monoisotopic (exact) mass is 397 g/mol. The van der Waals surface area contributed by atoms with E-state index in [2.05, 4.69) is 15.7 Å². The van der Waals surface area contributed by atoms with E-state index < -0.39 is 35.1 Å². The van der Waals surface area contributed by atoms with E-state index in [-0.39, 0.29) is 12.5 Å². The molecule has 152 valence electrons. The number of likely N-dealkylation sites (N-methyl/N-ethyl adjacent to an activating group) is 1. The second-order valence-corrected chi connectivity index (χ2v) is 6.52. The molecule has 10 heteroatoms. The number of benzene rings is 1. The molecule has 0 aliphatic rings. The van der Waals surface area contributed by atoms with E-state index in [0.29, 0.717) is 17.4 Å². The predicted octanol–water partition coefficient (Wildman–Crippen LogP) is 2.35. The number of carbonyl (C=O) groups is 2. The van der Waals surface area contributed by atoms with Crippen molar-refractivity contribution in [2.24, 2.45) is 7.05 Å². The van der Waals surface area contributed by atoms with E-state index in [9.17, 15) is 22.8 Å². The topological polar surface area (TPSA) is 79.3 Å². The molecule has 2 N–H and O–H groups in total. The number of hydrogen-bond acceptors (Lipinski definition) is 4. The van der Waals surface area contributed by atoms with Gasteiger partial charge in [-0.3, -0.25) is 19.2 Å². The number of hydrogen-bond donors (Lipinski definition) is 2. The first-order valence-corrected chi connectivity index (χ1v) is 8.47. The first-order chi connectivity index (χ1) is 13.0. The summed E-state index contributed by atoms with van der Waals surface area (Å²) >= 11 is 0. The van der Waals surface area contributed by atoms with Crippen molar-refractivity contribution in [3.63, 3.8) is 0 Å². The second-order valence-electron chi connectivity index (χ2n) is 6.52. The van der Waals surface area contributed by atoms with Gasteiger partial charge in [0.15, 0.2) is 17.5 Å². The quantitative estimate of drug-likeness (QED) is 0.734. The molecule has 1 aromatic carbocycles. The second kappa shape index (κ2) is 8.42. The maximum absolute atomic E-state index is 13.7. The number of anilines is 2. The van der Waals surface area contributed by atoms with Crippen LogP contribution >= 0.6 is 0 Å².